The fourth-order valence-electron chi connectivity index (χ4n) is 9.10. The zero-order valence-electron chi connectivity index (χ0n) is 25.3. The summed E-state index contributed by atoms with van der Waals surface area (Å²) in [6, 6.07) is 21.6. The SMILES string of the molecule is Cc1ccc(N2C(=O)[C@@H]3[C@H]4C=C[C@@H](C5=C(c6ccccc6)C[C@H]6C(=O)N(c7ccc(C)cc7C)C(=O)[C@H]6[C@H]54)[C@H]3C2=O)c(C)c1. The van der Waals surface area contributed by atoms with Gasteiger partial charge in [0.05, 0.1) is 35.0 Å². The van der Waals surface area contributed by atoms with Crippen LogP contribution in [0.25, 0.3) is 5.57 Å². The van der Waals surface area contributed by atoms with Gasteiger partial charge in [0, 0.05) is 11.8 Å². The summed E-state index contributed by atoms with van der Waals surface area (Å²) in [7, 11) is 0. The lowest BCUT2D eigenvalue weighted by atomic mass is 9.49. The second-order valence-electron chi connectivity index (χ2n) is 13.3. The van der Waals surface area contributed by atoms with E-state index in [0.717, 1.165) is 39.0 Å². The minimum atomic E-state index is -0.581. The first-order chi connectivity index (χ1) is 21.2. The molecule has 6 nitrogen and oxygen atoms in total. The minimum absolute atomic E-state index is 0.169. The van der Waals surface area contributed by atoms with Crippen LogP contribution in [0.4, 0.5) is 11.4 Å². The molecule has 0 N–H and O–H groups in total. The summed E-state index contributed by atoms with van der Waals surface area (Å²) in [5.41, 5.74) is 8.28. The van der Waals surface area contributed by atoms with Gasteiger partial charge < -0.3 is 0 Å². The highest BCUT2D eigenvalue weighted by atomic mass is 16.2. The molecule has 2 aliphatic heterocycles. The molecular formula is C38H34N2O4. The Bertz CT molecular complexity index is 1870. The maximum Gasteiger partial charge on any atom is 0.238 e. The summed E-state index contributed by atoms with van der Waals surface area (Å²) >= 11 is 0. The number of hydrogen-bond donors (Lipinski definition) is 0. The van der Waals surface area contributed by atoms with Gasteiger partial charge in [0.25, 0.3) is 0 Å². The predicted octanol–water partition coefficient (Wildman–Crippen LogP) is 6.12. The molecule has 9 rings (SSSR count). The Hall–Kier alpha value is -4.58. The highest BCUT2D eigenvalue weighted by Gasteiger charge is 2.67. The third kappa shape index (κ3) is 3.54. The summed E-state index contributed by atoms with van der Waals surface area (Å²) < 4.78 is 0. The van der Waals surface area contributed by atoms with Gasteiger partial charge in [0.15, 0.2) is 0 Å². The van der Waals surface area contributed by atoms with Gasteiger partial charge in [-0.15, -0.1) is 0 Å². The van der Waals surface area contributed by atoms with Crippen molar-refractivity contribution in [1.82, 2.24) is 0 Å². The average molecular weight is 583 g/mol. The fourth-order valence-corrected chi connectivity index (χ4v) is 9.10. The van der Waals surface area contributed by atoms with Crippen LogP contribution in [-0.2, 0) is 19.2 Å². The number of nitrogens with zero attached hydrogens (tertiary/aromatic N) is 2. The summed E-state index contributed by atoms with van der Waals surface area (Å²) in [6.07, 6.45) is 4.60. The molecule has 2 heterocycles. The van der Waals surface area contributed by atoms with Gasteiger partial charge >= 0.3 is 0 Å². The van der Waals surface area contributed by atoms with Crippen molar-refractivity contribution in [3.63, 3.8) is 0 Å². The van der Waals surface area contributed by atoms with Crippen molar-refractivity contribution in [2.75, 3.05) is 9.80 Å². The first kappa shape index (κ1) is 27.0. The van der Waals surface area contributed by atoms with Crippen molar-refractivity contribution in [1.29, 1.82) is 0 Å². The molecule has 3 fully saturated rings. The molecule has 6 heteroatoms. The molecule has 3 aromatic rings. The van der Waals surface area contributed by atoms with Crippen molar-refractivity contribution >= 4 is 40.6 Å². The molecule has 1 saturated carbocycles. The minimum Gasteiger partial charge on any atom is -0.274 e. The second-order valence-corrected chi connectivity index (χ2v) is 13.3. The number of amides is 4. The predicted molar refractivity (Wildman–Crippen MR) is 168 cm³/mol. The van der Waals surface area contributed by atoms with Crippen molar-refractivity contribution in [2.24, 2.45) is 41.4 Å². The lowest BCUT2D eigenvalue weighted by Gasteiger charge is -2.51. The van der Waals surface area contributed by atoms with Gasteiger partial charge in [-0.25, -0.2) is 9.80 Å². The highest BCUT2D eigenvalue weighted by molar-refractivity contribution is 6.25. The zero-order chi connectivity index (χ0) is 30.6. The molecule has 4 aliphatic carbocycles. The van der Waals surface area contributed by atoms with Crippen molar-refractivity contribution in [3.8, 4) is 0 Å². The average Bonchev–Trinajstić information content (AvgIpc) is 3.43. The molecule has 0 aromatic heterocycles. The Morgan fingerprint density at radius 3 is 1.77 bits per heavy atom. The molecule has 44 heavy (non-hydrogen) atoms. The number of fused-ring (bicyclic) bond motifs is 1. The van der Waals surface area contributed by atoms with Gasteiger partial charge in [0.1, 0.15) is 0 Å². The summed E-state index contributed by atoms with van der Waals surface area (Å²) in [5, 5.41) is 0. The summed E-state index contributed by atoms with van der Waals surface area (Å²) in [4.78, 5) is 60.0. The number of benzene rings is 3. The third-order valence-corrected chi connectivity index (χ3v) is 10.8. The third-order valence-electron chi connectivity index (χ3n) is 10.8. The molecule has 7 atom stereocenters. The van der Waals surface area contributed by atoms with E-state index in [1.54, 1.807) is 0 Å². The van der Waals surface area contributed by atoms with Gasteiger partial charge in [-0.2, -0.15) is 0 Å². The molecule has 3 aromatic carbocycles. The fraction of sp³-hybridized carbons (Fsp3) is 0.316. The molecule has 4 amide bonds. The molecule has 2 saturated heterocycles. The highest BCUT2D eigenvalue weighted by Crippen LogP contribution is 2.63. The van der Waals surface area contributed by atoms with Crippen molar-refractivity contribution in [2.45, 2.75) is 34.1 Å². The number of allylic oxidation sites excluding steroid dienone is 4. The van der Waals surface area contributed by atoms with E-state index in [-0.39, 0.29) is 41.4 Å². The Balaban J connectivity index is 1.29. The van der Waals surface area contributed by atoms with Crippen LogP contribution < -0.4 is 9.80 Å². The lowest BCUT2D eigenvalue weighted by Crippen LogP contribution is -2.51. The van der Waals surface area contributed by atoms with E-state index in [2.05, 4.69) is 24.3 Å². The quantitative estimate of drug-likeness (QED) is 0.276. The summed E-state index contributed by atoms with van der Waals surface area (Å²) in [6.45, 7) is 7.86. The van der Waals surface area contributed by atoms with E-state index in [1.807, 2.05) is 82.3 Å². The number of rotatable bonds is 3. The number of anilines is 2. The van der Waals surface area contributed by atoms with Gasteiger partial charge in [-0.1, -0.05) is 83.4 Å². The van der Waals surface area contributed by atoms with E-state index < -0.39 is 23.7 Å². The van der Waals surface area contributed by atoms with E-state index in [1.165, 1.54) is 9.80 Å². The maximum absolute atomic E-state index is 14.5. The topological polar surface area (TPSA) is 74.8 Å². The van der Waals surface area contributed by atoms with Crippen LogP contribution in [0.2, 0.25) is 0 Å². The number of hydrogen-bond acceptors (Lipinski definition) is 4. The first-order valence-electron chi connectivity index (χ1n) is 15.5. The Morgan fingerprint density at radius 1 is 0.591 bits per heavy atom. The zero-order valence-corrected chi connectivity index (χ0v) is 25.3. The number of aryl methyl sites for hydroxylation is 4. The molecule has 0 spiro atoms. The molecule has 0 unspecified atom stereocenters. The maximum atomic E-state index is 14.5. The Morgan fingerprint density at radius 2 is 1.16 bits per heavy atom. The normalized spacial score (nSPS) is 30.3. The molecule has 2 bridgehead atoms. The first-order valence-corrected chi connectivity index (χ1v) is 15.5. The van der Waals surface area contributed by atoms with Crippen LogP contribution in [0.1, 0.15) is 34.2 Å². The number of imide groups is 2. The van der Waals surface area contributed by atoms with Crippen LogP contribution in [-0.4, -0.2) is 23.6 Å². The molecular weight excluding hydrogens is 548 g/mol. The summed E-state index contributed by atoms with van der Waals surface area (Å²) in [5.74, 6) is -3.93. The van der Waals surface area contributed by atoms with Crippen LogP contribution in [0.5, 0.6) is 0 Å². The standard InChI is InChI=1S/C38H34N2O4/c1-19-10-14-28(21(3)16-19)39-35(41)27-18-26(23-8-6-5-7-9-23)30-24-12-13-25(31(30)34(27)38(39)44)33-32(24)36(42)40(37(33)43)29-15-11-20(2)17-22(29)4/h5-17,24-25,27,31-34H,18H2,1-4H3/t24-,25-,27+,31-,32+,33+,34+/m0/s1. The number of carbonyl (C=O) groups is 4. The smallest absolute Gasteiger partial charge is 0.238 e. The molecule has 220 valence electrons. The van der Waals surface area contributed by atoms with Crippen molar-refractivity contribution < 1.29 is 19.2 Å². The molecule has 6 aliphatic rings. The van der Waals surface area contributed by atoms with Crippen LogP contribution >= 0.6 is 0 Å². The Labute approximate surface area is 257 Å². The van der Waals surface area contributed by atoms with Crippen LogP contribution in [0, 0.1) is 69.1 Å². The largest absolute Gasteiger partial charge is 0.274 e. The molecule has 0 radical (unpaired) electrons. The van der Waals surface area contributed by atoms with Crippen LogP contribution in [0.15, 0.2) is 84.5 Å². The van der Waals surface area contributed by atoms with Gasteiger partial charge in [-0.3, -0.25) is 19.2 Å². The van der Waals surface area contributed by atoms with E-state index in [4.69, 9.17) is 0 Å². The van der Waals surface area contributed by atoms with E-state index in [9.17, 15) is 19.2 Å². The monoisotopic (exact) mass is 582 g/mol. The number of carbonyl (C=O) groups excluding carboxylic acids is 4. The van der Waals surface area contributed by atoms with Crippen molar-refractivity contribution in [3.05, 3.63) is 112 Å². The van der Waals surface area contributed by atoms with Crippen LogP contribution in [0.3, 0.4) is 0 Å². The Kier molecular flexibility index (Phi) is 5.80. The van der Waals surface area contributed by atoms with Gasteiger partial charge in [0.2, 0.25) is 23.6 Å². The van der Waals surface area contributed by atoms with Gasteiger partial charge in [-0.05, 0) is 74.4 Å². The second kappa shape index (κ2) is 9.46. The van der Waals surface area contributed by atoms with E-state index >= 15 is 0 Å². The van der Waals surface area contributed by atoms with E-state index in [0.29, 0.717) is 17.8 Å². The lowest BCUT2D eigenvalue weighted by molar-refractivity contribution is -0.129.